The first-order valence-electron chi connectivity index (χ1n) is 20.2. The van der Waals surface area contributed by atoms with Crippen LogP contribution in [0.15, 0.2) is 51.1 Å². The number of aliphatic imine (C=N–C) groups is 1. The number of rotatable bonds is 17. The summed E-state index contributed by atoms with van der Waals surface area (Å²) in [5, 5.41) is 1.75. The van der Waals surface area contributed by atoms with Crippen molar-refractivity contribution in [1.29, 1.82) is 0 Å². The first-order valence-corrected chi connectivity index (χ1v) is 24.6. The van der Waals surface area contributed by atoms with Crippen molar-refractivity contribution in [3.63, 3.8) is 0 Å². The number of imide groups is 2. The molecule has 2 aromatic rings. The predicted octanol–water partition coefficient (Wildman–Crippen LogP) is 2.16. The molecule has 0 bridgehead atoms. The third-order valence-corrected chi connectivity index (χ3v) is 18.1. The van der Waals surface area contributed by atoms with E-state index in [1.807, 2.05) is 33.9 Å². The van der Waals surface area contributed by atoms with Crippen molar-refractivity contribution >= 4 is 51.8 Å². The number of nitrogens with zero attached hydrogens (tertiary/aromatic N) is 3. The monoisotopic (exact) mass is 919 g/mol. The smallest absolute Gasteiger partial charge is 0.408 e. The number of Topliss-reactive ketones (excluding diaryl/α,β-unsaturated/α-hetero) is 1. The molecule has 23 heteroatoms. The Kier molecular flexibility index (Phi) is 13.9. The molecule has 4 aliphatic rings. The highest BCUT2D eigenvalue weighted by atomic mass is 31.2. The van der Waals surface area contributed by atoms with Gasteiger partial charge >= 0.3 is 13.5 Å². The normalized spacial score (nSPS) is 30.1. The highest BCUT2D eigenvalue weighted by Crippen LogP contribution is 2.56. The quantitative estimate of drug-likeness (QED) is 0.131. The van der Waals surface area contributed by atoms with Crippen molar-refractivity contribution in [2.24, 2.45) is 10.9 Å². The number of benzene rings is 1. The van der Waals surface area contributed by atoms with Gasteiger partial charge in [0, 0.05) is 40.0 Å². The summed E-state index contributed by atoms with van der Waals surface area (Å²) in [5.41, 5.74) is -3.30. The lowest BCUT2D eigenvalue weighted by Crippen LogP contribution is -2.60. The number of ketones is 1. The number of phosphoric acid groups is 1. The van der Waals surface area contributed by atoms with Crippen LogP contribution >= 0.6 is 7.82 Å². The first-order chi connectivity index (χ1) is 29.5. The Balaban J connectivity index is 1.45. The summed E-state index contributed by atoms with van der Waals surface area (Å²) in [7, 11) is -4.13. The molecule has 344 valence electrons. The topological polar surface area (TPSA) is 259 Å². The highest BCUT2D eigenvalue weighted by Gasteiger charge is 2.64. The van der Waals surface area contributed by atoms with E-state index in [2.05, 4.69) is 15.3 Å². The zero-order chi connectivity index (χ0) is 46.4. The number of amides is 4. The minimum absolute atomic E-state index is 0.0291. The van der Waals surface area contributed by atoms with E-state index in [-0.39, 0.29) is 23.3 Å². The predicted molar refractivity (Wildman–Crippen MR) is 224 cm³/mol. The van der Waals surface area contributed by atoms with Gasteiger partial charge in [-0.2, -0.15) is 0 Å². The summed E-state index contributed by atoms with van der Waals surface area (Å²) in [6.07, 6.45) is -6.68. The largest absolute Gasteiger partial charge is 0.475 e. The fraction of sp³-hybridized carbons (Fsp3) is 0.600. The summed E-state index contributed by atoms with van der Waals surface area (Å²) in [5.74, 6) is -3.77. The molecule has 0 aliphatic carbocycles. The van der Waals surface area contributed by atoms with Crippen molar-refractivity contribution in [3.8, 4) is 0 Å². The van der Waals surface area contributed by atoms with Crippen LogP contribution < -0.4 is 16.6 Å². The number of fused-ring (bicyclic) bond motifs is 1. The van der Waals surface area contributed by atoms with Crippen LogP contribution in [0.5, 0.6) is 0 Å². The summed E-state index contributed by atoms with van der Waals surface area (Å²) >= 11 is 0. The number of hydrogen-bond donors (Lipinski definition) is 2. The van der Waals surface area contributed by atoms with Crippen LogP contribution in [-0.4, -0.2) is 141 Å². The molecule has 4 amide bonds. The molecule has 2 N–H and O–H groups in total. The number of carbonyl (C=O) groups is 5. The molecule has 2 fully saturated rings. The van der Waals surface area contributed by atoms with Crippen molar-refractivity contribution in [3.05, 3.63) is 68.5 Å². The van der Waals surface area contributed by atoms with Gasteiger partial charge < -0.3 is 28.2 Å². The standard InChI is InChI=1S/C40H54N5O16PSi/c1-21(17-22(2)46)28-30(32(55-7)37(58-28)44-16-15-25(47)43-38(44)52)60-62(53,56-8)57-20-40(19-45-35(50)23-13-11-12-14-24(23)36(45)51)33(61-63(9,10)39(3,4)5)31(54-6)29(59-40)27-34(49)42-26(48)18-41-27/h11-16,18,21,27-33,37H,17,19-20H2,1-10H3,(H,42,48,49)(H,43,47,52)/t21-,27?,28+,29-,30?,31+,32-,33?,37+,40+,62?/m0/s1. The molecule has 4 unspecified atom stereocenters. The van der Waals surface area contributed by atoms with E-state index in [0.29, 0.717) is 0 Å². The SMILES string of the molecule is CO[C@H]1C(OP(=O)(OC)OC[C@@]2(CN3C(=O)c4ccccc4C3=O)O[C@@H](C3N=CC(=O)NC3=O)[C@@H](OC)C2O[Si](C)(C)C(C)(C)C)[C@@H]([C@@H](C)CC(C)=O)O[C@H]1n1ccc(=O)[nH]c1=O. The number of methoxy groups -OCH3 is 2. The van der Waals surface area contributed by atoms with Crippen LogP contribution in [0.4, 0.5) is 0 Å². The van der Waals surface area contributed by atoms with E-state index >= 15 is 4.57 Å². The summed E-state index contributed by atoms with van der Waals surface area (Å²) < 4.78 is 66.0. The van der Waals surface area contributed by atoms with Gasteiger partial charge in [-0.3, -0.25) is 62.3 Å². The Morgan fingerprint density at radius 3 is 2.16 bits per heavy atom. The zero-order valence-corrected chi connectivity index (χ0v) is 38.6. The zero-order valence-electron chi connectivity index (χ0n) is 36.7. The molecule has 0 radical (unpaired) electrons. The van der Waals surface area contributed by atoms with E-state index in [4.69, 9.17) is 36.9 Å². The van der Waals surface area contributed by atoms with Crippen LogP contribution in [0.2, 0.25) is 18.1 Å². The number of phosphoric ester groups is 1. The fourth-order valence-corrected chi connectivity index (χ4v) is 10.5. The van der Waals surface area contributed by atoms with E-state index in [0.717, 1.165) is 28.9 Å². The fourth-order valence-electron chi connectivity index (χ4n) is 8.04. The van der Waals surface area contributed by atoms with Gasteiger partial charge in [0.25, 0.3) is 29.2 Å². The van der Waals surface area contributed by atoms with Crippen LogP contribution in [0.25, 0.3) is 0 Å². The second kappa shape index (κ2) is 18.3. The minimum Gasteiger partial charge on any atom is -0.408 e. The number of nitrogens with one attached hydrogen (secondary N) is 2. The highest BCUT2D eigenvalue weighted by molar-refractivity contribution is 7.48. The molecule has 21 nitrogen and oxygen atoms in total. The molecule has 1 aromatic heterocycles. The molecule has 2 saturated heterocycles. The average Bonchev–Trinajstić information content (AvgIpc) is 3.79. The van der Waals surface area contributed by atoms with E-state index < -0.39 is 130 Å². The van der Waals surface area contributed by atoms with Gasteiger partial charge in [-0.05, 0) is 43.1 Å². The third-order valence-electron chi connectivity index (χ3n) is 12.2. The van der Waals surface area contributed by atoms with Gasteiger partial charge in [0.1, 0.15) is 41.9 Å². The maximum atomic E-state index is 15.0. The van der Waals surface area contributed by atoms with Gasteiger partial charge in [0.2, 0.25) is 0 Å². The lowest BCUT2D eigenvalue weighted by Gasteiger charge is -2.44. The molecular weight excluding hydrogens is 866 g/mol. The molecule has 63 heavy (non-hydrogen) atoms. The van der Waals surface area contributed by atoms with Crippen LogP contribution in [0, 0.1) is 5.92 Å². The minimum atomic E-state index is -4.89. The number of aromatic amines is 1. The van der Waals surface area contributed by atoms with Crippen molar-refractivity contribution in [1.82, 2.24) is 19.8 Å². The summed E-state index contributed by atoms with van der Waals surface area (Å²) in [6.45, 7) is 11.4. The third kappa shape index (κ3) is 9.42. The van der Waals surface area contributed by atoms with E-state index in [1.165, 1.54) is 39.5 Å². The van der Waals surface area contributed by atoms with Crippen molar-refractivity contribution < 1.29 is 65.5 Å². The number of carbonyl (C=O) groups excluding carboxylic acids is 5. The number of ether oxygens (including phenoxy) is 4. The van der Waals surface area contributed by atoms with Crippen molar-refractivity contribution in [2.75, 3.05) is 34.5 Å². The van der Waals surface area contributed by atoms with Crippen LogP contribution in [-0.2, 0) is 55.9 Å². The second-order valence-electron chi connectivity index (χ2n) is 17.5. The lowest BCUT2D eigenvalue weighted by molar-refractivity contribution is -0.139. The molecule has 0 saturated carbocycles. The van der Waals surface area contributed by atoms with Crippen LogP contribution in [0.1, 0.15) is 68.0 Å². The molecule has 11 atom stereocenters. The molecule has 1 aromatic carbocycles. The summed E-state index contributed by atoms with van der Waals surface area (Å²) in [4.78, 5) is 98.3. The van der Waals surface area contributed by atoms with Crippen molar-refractivity contribution in [2.45, 2.75) is 114 Å². The number of hydrogen-bond acceptors (Lipinski definition) is 17. The average molecular weight is 920 g/mol. The van der Waals surface area contributed by atoms with E-state index in [9.17, 15) is 33.6 Å². The Morgan fingerprint density at radius 1 is 0.984 bits per heavy atom. The Bertz CT molecular complexity index is 2290. The van der Waals surface area contributed by atoms with Gasteiger partial charge in [-0.25, -0.2) is 9.36 Å². The number of H-pyrrole nitrogens is 1. The maximum absolute atomic E-state index is 15.0. The molecular formula is C40H54N5O16PSi. The summed E-state index contributed by atoms with van der Waals surface area (Å²) in [6, 6.07) is 5.90. The Labute approximate surface area is 363 Å². The van der Waals surface area contributed by atoms with Crippen LogP contribution in [0.3, 0.4) is 0 Å². The number of aromatic nitrogens is 2. The van der Waals surface area contributed by atoms with Gasteiger partial charge in [-0.1, -0.05) is 39.8 Å². The molecule has 0 spiro atoms. The molecule has 6 rings (SSSR count). The van der Waals surface area contributed by atoms with Gasteiger partial charge in [-0.15, -0.1) is 0 Å². The van der Waals surface area contributed by atoms with Gasteiger partial charge in [0.15, 0.2) is 20.6 Å². The first kappa shape index (κ1) is 48.1. The Hall–Kier alpha value is -4.35. The maximum Gasteiger partial charge on any atom is 0.475 e. The molecule has 5 heterocycles. The second-order valence-corrected chi connectivity index (χ2v) is 24.0. The lowest BCUT2D eigenvalue weighted by atomic mass is 9.92. The van der Waals surface area contributed by atoms with Gasteiger partial charge in [0.05, 0.1) is 36.6 Å². The Morgan fingerprint density at radius 2 is 1.62 bits per heavy atom. The molecule has 4 aliphatic heterocycles. The van der Waals surface area contributed by atoms with E-state index in [1.54, 1.807) is 19.1 Å².